The summed E-state index contributed by atoms with van der Waals surface area (Å²) in [5, 5.41) is 0. The van der Waals surface area contributed by atoms with Gasteiger partial charge in [0.25, 0.3) is 0 Å². The topological polar surface area (TPSA) is 20.3 Å². The number of aldehydes is 1. The molecular formula is C27H23NO. The second-order valence-corrected chi connectivity index (χ2v) is 6.87. The molecule has 142 valence electrons. The molecule has 0 aliphatic rings. The van der Waals surface area contributed by atoms with Gasteiger partial charge in [-0.15, -0.1) is 0 Å². The summed E-state index contributed by atoms with van der Waals surface area (Å²) in [6, 6.07) is 23.8. The Bertz CT molecular complexity index is 1020. The lowest BCUT2D eigenvalue weighted by molar-refractivity contribution is 0.112. The Balaban J connectivity index is 1.81. The van der Waals surface area contributed by atoms with Crippen LogP contribution in [0.2, 0.25) is 0 Å². The van der Waals surface area contributed by atoms with Crippen LogP contribution < -0.4 is 4.90 Å². The molecule has 2 heteroatoms. The number of anilines is 1. The maximum atomic E-state index is 11.5. The molecule has 0 atom stereocenters. The zero-order chi connectivity index (χ0) is 20.5. The highest BCUT2D eigenvalue weighted by Gasteiger charge is 2.08. The number of hydrogen-bond acceptors (Lipinski definition) is 2. The Kier molecular flexibility index (Phi) is 6.88. The first-order valence-corrected chi connectivity index (χ1v) is 9.56. The summed E-state index contributed by atoms with van der Waals surface area (Å²) >= 11 is 0. The van der Waals surface area contributed by atoms with E-state index in [1.54, 1.807) is 0 Å². The van der Waals surface area contributed by atoms with Crippen molar-refractivity contribution in [3.63, 3.8) is 0 Å². The predicted molar refractivity (Wildman–Crippen MR) is 120 cm³/mol. The number of hydrogen-bond donors (Lipinski definition) is 0. The molecule has 0 bridgehead atoms. The van der Waals surface area contributed by atoms with Crippen LogP contribution in [0.1, 0.15) is 32.6 Å². The fraction of sp³-hybridized carbons (Fsp3) is 0.148. The van der Waals surface area contributed by atoms with Crippen LogP contribution in [0.3, 0.4) is 0 Å². The van der Waals surface area contributed by atoms with Crippen molar-refractivity contribution < 1.29 is 4.79 Å². The lowest BCUT2D eigenvalue weighted by Crippen LogP contribution is -2.25. The van der Waals surface area contributed by atoms with Gasteiger partial charge in [0.1, 0.15) is 0 Å². The number of para-hydroxylation sites is 1. The molecule has 3 aromatic carbocycles. The quantitative estimate of drug-likeness (QED) is 0.470. The largest absolute Gasteiger partial charge is 0.349 e. The summed E-state index contributed by atoms with van der Waals surface area (Å²) in [5.41, 5.74) is 5.86. The van der Waals surface area contributed by atoms with Gasteiger partial charge < -0.3 is 4.90 Å². The molecule has 0 spiro atoms. The molecule has 0 saturated carbocycles. The molecule has 0 amide bonds. The van der Waals surface area contributed by atoms with Crippen LogP contribution in [0.15, 0.2) is 72.8 Å². The van der Waals surface area contributed by atoms with Crippen molar-refractivity contribution in [2.24, 2.45) is 0 Å². The third-order valence-electron chi connectivity index (χ3n) is 4.51. The Morgan fingerprint density at radius 1 is 0.724 bits per heavy atom. The maximum Gasteiger partial charge on any atom is 0.152 e. The van der Waals surface area contributed by atoms with Gasteiger partial charge in [-0.2, -0.15) is 0 Å². The summed E-state index contributed by atoms with van der Waals surface area (Å²) in [7, 11) is 0. The van der Waals surface area contributed by atoms with E-state index in [1.807, 2.05) is 53.4 Å². The van der Waals surface area contributed by atoms with E-state index in [0.29, 0.717) is 18.7 Å². The van der Waals surface area contributed by atoms with Crippen LogP contribution in [0.4, 0.5) is 5.69 Å². The Morgan fingerprint density at radius 3 is 1.69 bits per heavy atom. The van der Waals surface area contributed by atoms with Crippen molar-refractivity contribution in [1.82, 2.24) is 0 Å². The second-order valence-electron chi connectivity index (χ2n) is 6.87. The van der Waals surface area contributed by atoms with Crippen molar-refractivity contribution in [3.05, 3.63) is 101 Å². The SMILES string of the molecule is Cc1ccc(C#CCN(CC#Cc2ccc(C)cc2)c2ccccc2C=O)cc1. The molecule has 0 N–H and O–H groups in total. The monoisotopic (exact) mass is 377 g/mol. The average molecular weight is 377 g/mol. The van der Waals surface area contributed by atoms with Crippen molar-refractivity contribution in [1.29, 1.82) is 0 Å². The number of aryl methyl sites for hydroxylation is 2. The molecular weight excluding hydrogens is 354 g/mol. The van der Waals surface area contributed by atoms with Gasteiger partial charge in [-0.3, -0.25) is 4.79 Å². The minimum atomic E-state index is 0.487. The predicted octanol–water partition coefficient (Wildman–Crippen LogP) is 5.03. The van der Waals surface area contributed by atoms with Crippen LogP contribution in [0.25, 0.3) is 0 Å². The molecule has 3 rings (SSSR count). The number of nitrogens with zero attached hydrogens (tertiary/aromatic N) is 1. The lowest BCUT2D eigenvalue weighted by Gasteiger charge is -2.21. The first kappa shape index (κ1) is 20.0. The highest BCUT2D eigenvalue weighted by Crippen LogP contribution is 2.18. The highest BCUT2D eigenvalue weighted by atomic mass is 16.1. The summed E-state index contributed by atoms with van der Waals surface area (Å²) in [5.74, 6) is 12.8. The summed E-state index contributed by atoms with van der Waals surface area (Å²) in [6.07, 6.45) is 0.878. The van der Waals surface area contributed by atoms with E-state index in [2.05, 4.69) is 61.8 Å². The van der Waals surface area contributed by atoms with Crippen LogP contribution in [-0.2, 0) is 0 Å². The molecule has 3 aromatic rings. The first-order valence-electron chi connectivity index (χ1n) is 9.56. The average Bonchev–Trinajstić information content (AvgIpc) is 2.75. The molecule has 0 radical (unpaired) electrons. The van der Waals surface area contributed by atoms with Crippen LogP contribution >= 0.6 is 0 Å². The summed E-state index contributed by atoms with van der Waals surface area (Å²) < 4.78 is 0. The van der Waals surface area contributed by atoms with Gasteiger partial charge in [0.15, 0.2) is 6.29 Å². The van der Waals surface area contributed by atoms with Crippen molar-refractivity contribution in [2.45, 2.75) is 13.8 Å². The number of benzene rings is 3. The van der Waals surface area contributed by atoms with E-state index in [9.17, 15) is 4.79 Å². The van der Waals surface area contributed by atoms with Crippen molar-refractivity contribution in [3.8, 4) is 23.7 Å². The molecule has 0 aliphatic heterocycles. The summed E-state index contributed by atoms with van der Waals surface area (Å²) in [4.78, 5) is 13.5. The van der Waals surface area contributed by atoms with E-state index in [0.717, 1.165) is 23.1 Å². The smallest absolute Gasteiger partial charge is 0.152 e. The maximum absolute atomic E-state index is 11.5. The Labute approximate surface area is 173 Å². The molecule has 2 nitrogen and oxygen atoms in total. The molecule has 0 heterocycles. The molecule has 0 saturated heterocycles. The zero-order valence-electron chi connectivity index (χ0n) is 16.8. The third-order valence-corrected chi connectivity index (χ3v) is 4.51. The van der Waals surface area contributed by atoms with Gasteiger partial charge in [0.05, 0.1) is 13.1 Å². The molecule has 0 aliphatic carbocycles. The van der Waals surface area contributed by atoms with Gasteiger partial charge in [0.2, 0.25) is 0 Å². The first-order chi connectivity index (χ1) is 14.2. The fourth-order valence-corrected chi connectivity index (χ4v) is 2.85. The summed E-state index contributed by atoms with van der Waals surface area (Å²) in [6.45, 7) is 5.09. The van der Waals surface area contributed by atoms with E-state index in [1.165, 1.54) is 11.1 Å². The standard InChI is InChI=1S/C27H23NO/c1-22-11-15-24(16-12-22)7-5-19-28(27-10-4-3-9-26(27)21-29)20-6-8-25-17-13-23(2)14-18-25/h3-4,9-18,21H,19-20H2,1-2H3. The lowest BCUT2D eigenvalue weighted by atomic mass is 10.1. The Hall–Kier alpha value is -3.75. The minimum absolute atomic E-state index is 0.487. The number of carbonyl (C=O) groups excluding carboxylic acids is 1. The van der Waals surface area contributed by atoms with Gasteiger partial charge in [-0.05, 0) is 50.2 Å². The number of rotatable bonds is 4. The normalized spacial score (nSPS) is 9.59. The Morgan fingerprint density at radius 2 is 1.21 bits per heavy atom. The van der Waals surface area contributed by atoms with Gasteiger partial charge >= 0.3 is 0 Å². The van der Waals surface area contributed by atoms with Crippen LogP contribution in [0, 0.1) is 37.5 Å². The van der Waals surface area contributed by atoms with Crippen LogP contribution in [-0.4, -0.2) is 19.4 Å². The van der Waals surface area contributed by atoms with Crippen LogP contribution in [0.5, 0.6) is 0 Å². The molecule has 29 heavy (non-hydrogen) atoms. The van der Waals surface area contributed by atoms with Gasteiger partial charge in [-0.1, -0.05) is 71.2 Å². The van der Waals surface area contributed by atoms with Crippen molar-refractivity contribution in [2.75, 3.05) is 18.0 Å². The van der Waals surface area contributed by atoms with E-state index >= 15 is 0 Å². The fourth-order valence-electron chi connectivity index (χ4n) is 2.85. The second kappa shape index (κ2) is 9.98. The van der Waals surface area contributed by atoms with Crippen molar-refractivity contribution >= 4 is 12.0 Å². The minimum Gasteiger partial charge on any atom is -0.349 e. The van der Waals surface area contributed by atoms with E-state index in [-0.39, 0.29) is 0 Å². The third kappa shape index (κ3) is 5.86. The highest BCUT2D eigenvalue weighted by molar-refractivity contribution is 5.84. The van der Waals surface area contributed by atoms with E-state index < -0.39 is 0 Å². The molecule has 0 aromatic heterocycles. The van der Waals surface area contributed by atoms with Gasteiger partial charge in [-0.25, -0.2) is 0 Å². The molecule has 0 fully saturated rings. The molecule has 0 unspecified atom stereocenters. The zero-order valence-corrected chi connectivity index (χ0v) is 16.8. The van der Waals surface area contributed by atoms with Gasteiger partial charge in [0, 0.05) is 22.4 Å². The number of carbonyl (C=O) groups is 1. The van der Waals surface area contributed by atoms with E-state index in [4.69, 9.17) is 0 Å².